The predicted octanol–water partition coefficient (Wildman–Crippen LogP) is 3.14. The summed E-state index contributed by atoms with van der Waals surface area (Å²) in [6.07, 6.45) is 1.46. The van der Waals surface area contributed by atoms with Crippen LogP contribution in [0.4, 0.5) is 4.79 Å². The fourth-order valence-electron chi connectivity index (χ4n) is 2.01. The molecule has 1 heterocycles. The van der Waals surface area contributed by atoms with Crippen LogP contribution in [0.25, 0.3) is 10.9 Å². The molecule has 2 rings (SSSR count). The van der Waals surface area contributed by atoms with E-state index in [4.69, 9.17) is 4.74 Å². The van der Waals surface area contributed by atoms with Crippen LogP contribution in [0.1, 0.15) is 26.3 Å². The van der Waals surface area contributed by atoms with Gasteiger partial charge in [0.2, 0.25) is 0 Å². The molecule has 0 unspecified atom stereocenters. The average molecular weight is 289 g/mol. The summed E-state index contributed by atoms with van der Waals surface area (Å²) in [5, 5.41) is 0.877. The molecule has 0 bridgehead atoms. The van der Waals surface area contributed by atoms with Crippen LogP contribution in [0.2, 0.25) is 0 Å². The highest BCUT2D eigenvalue weighted by molar-refractivity contribution is 5.90. The van der Waals surface area contributed by atoms with Crippen molar-refractivity contribution in [2.75, 3.05) is 7.11 Å². The van der Waals surface area contributed by atoms with Crippen molar-refractivity contribution < 1.29 is 19.1 Å². The number of carbonyl (C=O) groups is 2. The number of nitrogens with zero attached hydrogens (tertiary/aromatic N) is 1. The molecule has 0 amide bonds. The summed E-state index contributed by atoms with van der Waals surface area (Å²) in [5.74, 6) is -0.291. The highest BCUT2D eigenvalue weighted by Crippen LogP contribution is 2.20. The van der Waals surface area contributed by atoms with Gasteiger partial charge in [0.15, 0.2) is 0 Å². The molecule has 0 aliphatic heterocycles. The van der Waals surface area contributed by atoms with Gasteiger partial charge >= 0.3 is 12.1 Å². The molecular weight excluding hydrogens is 270 g/mol. The summed E-state index contributed by atoms with van der Waals surface area (Å²) in [6, 6.07) is 7.30. The van der Waals surface area contributed by atoms with Crippen LogP contribution in [0, 0.1) is 0 Å². The maximum absolute atomic E-state index is 12.1. The quantitative estimate of drug-likeness (QED) is 0.797. The lowest BCUT2D eigenvalue weighted by Gasteiger charge is -2.19. The van der Waals surface area contributed by atoms with Gasteiger partial charge in [-0.2, -0.15) is 0 Å². The Morgan fingerprint density at radius 1 is 1.19 bits per heavy atom. The minimum Gasteiger partial charge on any atom is -0.469 e. The van der Waals surface area contributed by atoms with E-state index in [0.717, 1.165) is 16.5 Å². The largest absolute Gasteiger partial charge is 0.469 e. The molecule has 1 aromatic heterocycles. The van der Waals surface area contributed by atoms with Gasteiger partial charge in [-0.25, -0.2) is 4.79 Å². The molecule has 112 valence electrons. The number of fused-ring (bicyclic) bond motifs is 1. The topological polar surface area (TPSA) is 57.5 Å². The Bertz CT molecular complexity index is 679. The summed E-state index contributed by atoms with van der Waals surface area (Å²) in [4.78, 5) is 23.4. The second-order valence-corrected chi connectivity index (χ2v) is 5.81. The van der Waals surface area contributed by atoms with Gasteiger partial charge in [-0.1, -0.05) is 6.07 Å². The molecule has 2 aromatic rings. The molecule has 0 spiro atoms. The Hall–Kier alpha value is -2.30. The van der Waals surface area contributed by atoms with E-state index in [9.17, 15) is 9.59 Å². The van der Waals surface area contributed by atoms with E-state index in [1.807, 2.05) is 32.9 Å². The Labute approximate surface area is 123 Å². The number of methoxy groups -OCH3 is 1. The second-order valence-electron chi connectivity index (χ2n) is 5.81. The molecule has 0 saturated carbocycles. The lowest BCUT2D eigenvalue weighted by molar-refractivity contribution is -0.139. The molecule has 0 aliphatic rings. The van der Waals surface area contributed by atoms with Gasteiger partial charge in [0, 0.05) is 11.6 Å². The van der Waals surface area contributed by atoms with E-state index in [1.165, 1.54) is 11.7 Å². The Kier molecular flexibility index (Phi) is 4.02. The summed E-state index contributed by atoms with van der Waals surface area (Å²) < 4.78 is 11.5. The number of hydrogen-bond donors (Lipinski definition) is 0. The molecule has 0 radical (unpaired) electrons. The summed E-state index contributed by atoms with van der Waals surface area (Å²) in [7, 11) is 1.36. The van der Waals surface area contributed by atoms with Gasteiger partial charge in [0.1, 0.15) is 5.60 Å². The maximum atomic E-state index is 12.1. The van der Waals surface area contributed by atoms with Crippen LogP contribution in [0.15, 0.2) is 30.5 Å². The summed E-state index contributed by atoms with van der Waals surface area (Å²) in [5.41, 5.74) is 1.05. The van der Waals surface area contributed by atoms with E-state index in [0.29, 0.717) is 0 Å². The van der Waals surface area contributed by atoms with Gasteiger partial charge in [-0.15, -0.1) is 0 Å². The Morgan fingerprint density at radius 3 is 2.52 bits per heavy atom. The third kappa shape index (κ3) is 3.62. The lowest BCUT2D eigenvalue weighted by atomic mass is 10.1. The summed E-state index contributed by atoms with van der Waals surface area (Å²) in [6.45, 7) is 5.47. The van der Waals surface area contributed by atoms with Crippen LogP contribution < -0.4 is 0 Å². The highest BCUT2D eigenvalue weighted by Gasteiger charge is 2.19. The fourth-order valence-corrected chi connectivity index (χ4v) is 2.01. The van der Waals surface area contributed by atoms with Crippen molar-refractivity contribution in [1.82, 2.24) is 4.57 Å². The van der Waals surface area contributed by atoms with Gasteiger partial charge < -0.3 is 9.47 Å². The number of ether oxygens (including phenoxy) is 2. The molecule has 0 atom stereocenters. The maximum Gasteiger partial charge on any atom is 0.418 e. The number of rotatable bonds is 2. The van der Waals surface area contributed by atoms with E-state index in [2.05, 4.69) is 4.74 Å². The molecule has 5 heteroatoms. The molecule has 0 fully saturated rings. The van der Waals surface area contributed by atoms with Crippen LogP contribution in [-0.2, 0) is 20.7 Å². The fraction of sp³-hybridized carbons (Fsp3) is 0.375. The van der Waals surface area contributed by atoms with Crippen LogP contribution >= 0.6 is 0 Å². The zero-order valence-electron chi connectivity index (χ0n) is 12.7. The van der Waals surface area contributed by atoms with E-state index >= 15 is 0 Å². The zero-order valence-corrected chi connectivity index (χ0v) is 12.7. The molecule has 21 heavy (non-hydrogen) atoms. The third-order valence-electron chi connectivity index (χ3n) is 2.92. The van der Waals surface area contributed by atoms with Crippen molar-refractivity contribution in [3.05, 3.63) is 36.0 Å². The average Bonchev–Trinajstić information content (AvgIpc) is 2.79. The smallest absolute Gasteiger partial charge is 0.418 e. The lowest BCUT2D eigenvalue weighted by Crippen LogP contribution is -2.26. The van der Waals surface area contributed by atoms with Gasteiger partial charge in [0.25, 0.3) is 0 Å². The SMILES string of the molecule is COC(=O)Cc1ccc2c(ccn2C(=O)OC(C)(C)C)c1. The van der Waals surface area contributed by atoms with Crippen LogP contribution in [0.3, 0.4) is 0 Å². The highest BCUT2D eigenvalue weighted by atomic mass is 16.6. The minimum absolute atomic E-state index is 0.212. The number of carbonyl (C=O) groups excluding carboxylic acids is 2. The van der Waals surface area contributed by atoms with Crippen molar-refractivity contribution >= 4 is 23.0 Å². The third-order valence-corrected chi connectivity index (χ3v) is 2.92. The van der Waals surface area contributed by atoms with Crippen molar-refractivity contribution in [1.29, 1.82) is 0 Å². The summed E-state index contributed by atoms with van der Waals surface area (Å²) >= 11 is 0. The first-order valence-electron chi connectivity index (χ1n) is 6.70. The van der Waals surface area contributed by atoms with Crippen LogP contribution in [0.5, 0.6) is 0 Å². The first kappa shape index (κ1) is 15.1. The normalized spacial score (nSPS) is 11.4. The molecule has 1 aromatic carbocycles. The van der Waals surface area contributed by atoms with E-state index in [-0.39, 0.29) is 12.4 Å². The Balaban J connectivity index is 2.29. The zero-order chi connectivity index (χ0) is 15.6. The van der Waals surface area contributed by atoms with Crippen molar-refractivity contribution in [2.24, 2.45) is 0 Å². The number of esters is 1. The van der Waals surface area contributed by atoms with E-state index < -0.39 is 11.7 Å². The second kappa shape index (κ2) is 5.60. The monoisotopic (exact) mass is 289 g/mol. The van der Waals surface area contributed by atoms with E-state index in [1.54, 1.807) is 18.3 Å². The predicted molar refractivity (Wildman–Crippen MR) is 79.3 cm³/mol. The minimum atomic E-state index is -0.543. The first-order valence-corrected chi connectivity index (χ1v) is 6.70. The number of benzene rings is 1. The van der Waals surface area contributed by atoms with Gasteiger partial charge in [-0.3, -0.25) is 9.36 Å². The molecular formula is C16H19NO4. The van der Waals surface area contributed by atoms with Crippen molar-refractivity contribution in [2.45, 2.75) is 32.8 Å². The molecule has 0 saturated heterocycles. The number of hydrogen-bond acceptors (Lipinski definition) is 4. The molecule has 0 aliphatic carbocycles. The van der Waals surface area contributed by atoms with Crippen molar-refractivity contribution in [3.8, 4) is 0 Å². The van der Waals surface area contributed by atoms with Crippen molar-refractivity contribution in [3.63, 3.8) is 0 Å². The van der Waals surface area contributed by atoms with Gasteiger partial charge in [0.05, 0.1) is 19.0 Å². The molecule has 5 nitrogen and oxygen atoms in total. The van der Waals surface area contributed by atoms with Crippen LogP contribution in [-0.4, -0.2) is 29.3 Å². The first-order chi connectivity index (χ1) is 9.80. The Morgan fingerprint density at radius 2 is 1.90 bits per heavy atom. The van der Waals surface area contributed by atoms with Gasteiger partial charge in [-0.05, 0) is 44.5 Å². The number of aromatic nitrogens is 1. The molecule has 0 N–H and O–H groups in total. The standard InChI is InChI=1S/C16H19NO4/c1-16(2,3)21-15(19)17-8-7-12-9-11(5-6-13(12)17)10-14(18)20-4/h5-9H,10H2,1-4H3.